The molecule has 40 heavy (non-hydrogen) atoms. The van der Waals surface area contributed by atoms with Gasteiger partial charge >= 0.3 is 6.09 Å². The summed E-state index contributed by atoms with van der Waals surface area (Å²) in [6.45, 7) is 0.0107. The summed E-state index contributed by atoms with van der Waals surface area (Å²) in [7, 11) is 1.40. The number of fused-ring (bicyclic) bond motifs is 1. The minimum atomic E-state index is -0.754. The van der Waals surface area contributed by atoms with Gasteiger partial charge in [0, 0.05) is 24.2 Å². The van der Waals surface area contributed by atoms with E-state index in [1.165, 1.54) is 30.2 Å². The Balaban J connectivity index is 1.21. The molecular formula is C28H23ClFN3O7. The predicted octanol–water partition coefficient (Wildman–Crippen LogP) is 4.79. The van der Waals surface area contributed by atoms with Gasteiger partial charge in [-0.3, -0.25) is 25.0 Å². The highest BCUT2D eigenvalue weighted by molar-refractivity contribution is 6.32. The maximum Gasteiger partial charge on any atom is 0.411 e. The van der Waals surface area contributed by atoms with Crippen LogP contribution in [0.25, 0.3) is 0 Å². The van der Waals surface area contributed by atoms with E-state index in [0.29, 0.717) is 28.1 Å². The zero-order valence-corrected chi connectivity index (χ0v) is 21.9. The quantitative estimate of drug-likeness (QED) is 0.393. The van der Waals surface area contributed by atoms with Crippen molar-refractivity contribution in [2.24, 2.45) is 0 Å². The van der Waals surface area contributed by atoms with Crippen molar-refractivity contribution >= 4 is 41.1 Å². The molecule has 2 N–H and O–H groups in total. The van der Waals surface area contributed by atoms with Gasteiger partial charge in [-0.2, -0.15) is 0 Å². The first-order valence-corrected chi connectivity index (χ1v) is 12.6. The standard InChI is InChI=1S/C28H23ClFN3O7/c1-38-25-16(6-5-15-13-33(27(36)23(15)25)20-11-12-22(34)32-26(20)35)14-39-28(37)31-17-7-9-18(10-8-17)40-21-4-2-3-19(30)24(21)29/h2-10,20H,11-14H2,1H3,(H,31,37)(H,32,34,35). The molecule has 12 heteroatoms. The highest BCUT2D eigenvalue weighted by Gasteiger charge is 2.41. The number of amides is 4. The Labute approximate surface area is 232 Å². The van der Waals surface area contributed by atoms with Crippen LogP contribution in [0.4, 0.5) is 14.9 Å². The Morgan fingerprint density at radius 1 is 1.12 bits per heavy atom. The Hall–Kier alpha value is -4.64. The number of nitrogens with one attached hydrogen (secondary N) is 2. The number of carbonyl (C=O) groups excluding carboxylic acids is 4. The normalized spacial score (nSPS) is 16.3. The Bertz CT molecular complexity index is 1510. The highest BCUT2D eigenvalue weighted by Crippen LogP contribution is 2.36. The first-order valence-electron chi connectivity index (χ1n) is 12.2. The van der Waals surface area contributed by atoms with Crippen LogP contribution in [-0.4, -0.2) is 41.9 Å². The van der Waals surface area contributed by atoms with Gasteiger partial charge in [-0.15, -0.1) is 0 Å². The zero-order chi connectivity index (χ0) is 28.4. The molecule has 2 heterocycles. The number of carbonyl (C=O) groups is 4. The molecule has 0 saturated carbocycles. The SMILES string of the molecule is COc1c(COC(=O)Nc2ccc(Oc3cccc(F)c3Cl)cc2)ccc2c1C(=O)N(C1CCC(=O)NC1=O)C2. The number of ether oxygens (including phenoxy) is 3. The molecule has 1 atom stereocenters. The van der Waals surface area contributed by atoms with Crippen molar-refractivity contribution in [2.45, 2.75) is 32.0 Å². The van der Waals surface area contributed by atoms with Crippen molar-refractivity contribution in [2.75, 3.05) is 12.4 Å². The van der Waals surface area contributed by atoms with E-state index in [1.54, 1.807) is 36.4 Å². The molecule has 0 aliphatic carbocycles. The smallest absolute Gasteiger partial charge is 0.411 e. The van der Waals surface area contributed by atoms with E-state index in [0.717, 1.165) is 0 Å². The highest BCUT2D eigenvalue weighted by atomic mass is 35.5. The summed E-state index contributed by atoms with van der Waals surface area (Å²) < 4.78 is 30.1. The zero-order valence-electron chi connectivity index (χ0n) is 21.2. The predicted molar refractivity (Wildman–Crippen MR) is 141 cm³/mol. The van der Waals surface area contributed by atoms with Gasteiger partial charge in [-0.05, 0) is 48.4 Å². The van der Waals surface area contributed by atoms with Gasteiger partial charge < -0.3 is 19.1 Å². The maximum absolute atomic E-state index is 13.6. The second kappa shape index (κ2) is 11.2. The molecule has 3 aromatic rings. The molecule has 0 radical (unpaired) electrons. The van der Waals surface area contributed by atoms with Crippen LogP contribution in [0, 0.1) is 5.82 Å². The lowest BCUT2D eigenvalue weighted by molar-refractivity contribution is -0.136. The molecule has 206 valence electrons. The van der Waals surface area contributed by atoms with E-state index in [2.05, 4.69) is 10.6 Å². The number of halogens is 2. The topological polar surface area (TPSA) is 123 Å². The molecule has 10 nitrogen and oxygen atoms in total. The van der Waals surface area contributed by atoms with Crippen molar-refractivity contribution in [1.29, 1.82) is 0 Å². The van der Waals surface area contributed by atoms with E-state index in [-0.39, 0.29) is 48.4 Å². The third-order valence-electron chi connectivity index (χ3n) is 6.53. The van der Waals surface area contributed by atoms with Crippen LogP contribution in [0.2, 0.25) is 5.02 Å². The monoisotopic (exact) mass is 567 g/mol. The minimum absolute atomic E-state index is 0.138. The first-order chi connectivity index (χ1) is 19.2. The number of anilines is 1. The lowest BCUT2D eigenvalue weighted by Crippen LogP contribution is -2.52. The van der Waals surface area contributed by atoms with Crippen LogP contribution in [0.3, 0.4) is 0 Å². The summed E-state index contributed by atoms with van der Waals surface area (Å²) in [5, 5.41) is 4.72. The number of imide groups is 1. The molecule has 1 unspecified atom stereocenters. The molecule has 4 amide bonds. The van der Waals surface area contributed by atoms with Crippen molar-refractivity contribution in [3.8, 4) is 17.2 Å². The van der Waals surface area contributed by atoms with Crippen LogP contribution in [-0.2, 0) is 27.5 Å². The average Bonchev–Trinajstić information content (AvgIpc) is 3.27. The van der Waals surface area contributed by atoms with E-state index < -0.39 is 29.8 Å². The second-order valence-electron chi connectivity index (χ2n) is 9.07. The van der Waals surface area contributed by atoms with Gasteiger partial charge in [0.25, 0.3) is 5.91 Å². The van der Waals surface area contributed by atoms with Gasteiger partial charge in [0.15, 0.2) is 0 Å². The van der Waals surface area contributed by atoms with E-state index in [9.17, 15) is 23.6 Å². The number of methoxy groups -OCH3 is 1. The van der Waals surface area contributed by atoms with Gasteiger partial charge in [-0.1, -0.05) is 29.8 Å². The maximum atomic E-state index is 13.6. The van der Waals surface area contributed by atoms with Crippen LogP contribution in [0.1, 0.15) is 34.3 Å². The summed E-state index contributed by atoms with van der Waals surface area (Å²) in [6, 6.07) is 13.2. The summed E-state index contributed by atoms with van der Waals surface area (Å²) in [5.74, 6) is -1.07. The Kier molecular flexibility index (Phi) is 7.56. The molecule has 2 aliphatic heterocycles. The number of piperidine rings is 1. The summed E-state index contributed by atoms with van der Waals surface area (Å²) in [5.41, 5.74) is 1.84. The second-order valence-corrected chi connectivity index (χ2v) is 9.45. The minimum Gasteiger partial charge on any atom is -0.495 e. The average molecular weight is 568 g/mol. The number of hydrogen-bond acceptors (Lipinski definition) is 7. The first kappa shape index (κ1) is 26.9. The fourth-order valence-corrected chi connectivity index (χ4v) is 4.77. The molecule has 2 aliphatic rings. The van der Waals surface area contributed by atoms with Crippen molar-refractivity contribution in [1.82, 2.24) is 10.2 Å². The van der Waals surface area contributed by atoms with Gasteiger partial charge in [-0.25, -0.2) is 9.18 Å². The van der Waals surface area contributed by atoms with Crippen molar-refractivity contribution in [3.63, 3.8) is 0 Å². The Morgan fingerprint density at radius 3 is 2.62 bits per heavy atom. The third-order valence-corrected chi connectivity index (χ3v) is 6.90. The largest absolute Gasteiger partial charge is 0.495 e. The van der Waals surface area contributed by atoms with E-state index in [1.807, 2.05) is 0 Å². The van der Waals surface area contributed by atoms with Crippen LogP contribution in [0.15, 0.2) is 54.6 Å². The van der Waals surface area contributed by atoms with E-state index in [4.69, 9.17) is 25.8 Å². The number of hydrogen-bond donors (Lipinski definition) is 2. The molecular weight excluding hydrogens is 545 g/mol. The molecule has 0 bridgehead atoms. The lowest BCUT2D eigenvalue weighted by Gasteiger charge is -2.29. The summed E-state index contributed by atoms with van der Waals surface area (Å²) >= 11 is 5.91. The molecule has 1 fully saturated rings. The summed E-state index contributed by atoms with van der Waals surface area (Å²) in [6.07, 6.45) is -0.353. The van der Waals surface area contributed by atoms with Crippen LogP contribution in [0.5, 0.6) is 17.2 Å². The van der Waals surface area contributed by atoms with E-state index >= 15 is 0 Å². The molecule has 5 rings (SSSR count). The molecule has 1 saturated heterocycles. The number of rotatable bonds is 7. The van der Waals surface area contributed by atoms with Gasteiger partial charge in [0.05, 0.1) is 12.7 Å². The third kappa shape index (κ3) is 5.41. The van der Waals surface area contributed by atoms with Crippen molar-refractivity contribution < 1.29 is 37.8 Å². The number of benzene rings is 3. The van der Waals surface area contributed by atoms with Crippen molar-refractivity contribution in [3.05, 3.63) is 82.1 Å². The van der Waals surface area contributed by atoms with Crippen LogP contribution < -0.4 is 20.1 Å². The van der Waals surface area contributed by atoms with Crippen LogP contribution >= 0.6 is 11.6 Å². The lowest BCUT2D eigenvalue weighted by atomic mass is 10.0. The molecule has 0 aromatic heterocycles. The molecule has 0 spiro atoms. The van der Waals surface area contributed by atoms with Gasteiger partial charge in [0.1, 0.15) is 40.7 Å². The fraction of sp³-hybridized carbons (Fsp3) is 0.214. The Morgan fingerprint density at radius 2 is 1.90 bits per heavy atom. The molecule has 3 aromatic carbocycles. The van der Waals surface area contributed by atoms with Gasteiger partial charge in [0.2, 0.25) is 11.8 Å². The number of nitrogens with zero attached hydrogens (tertiary/aromatic N) is 1. The summed E-state index contributed by atoms with van der Waals surface area (Å²) in [4.78, 5) is 50.9. The fourth-order valence-electron chi connectivity index (χ4n) is 4.60.